The molecule has 0 saturated carbocycles. The van der Waals surface area contributed by atoms with Gasteiger partial charge in [0.05, 0.1) is 0 Å². The van der Waals surface area contributed by atoms with Crippen molar-refractivity contribution in [3.8, 4) is 0 Å². The second-order valence-corrected chi connectivity index (χ2v) is 3.38. The third kappa shape index (κ3) is 3.36. The molecule has 1 fully saturated rings. The van der Waals surface area contributed by atoms with Gasteiger partial charge in [0.25, 0.3) is 5.91 Å². The van der Waals surface area contributed by atoms with E-state index in [0.29, 0.717) is 12.8 Å². The Labute approximate surface area is 88.3 Å². The first-order chi connectivity index (χ1) is 7.15. The fourth-order valence-electron chi connectivity index (χ4n) is 1.30. The van der Waals surface area contributed by atoms with Crippen molar-refractivity contribution >= 4 is 11.9 Å². The van der Waals surface area contributed by atoms with Crippen molar-refractivity contribution in [2.75, 3.05) is 0 Å². The number of aliphatic hydroxyl groups is 1. The van der Waals surface area contributed by atoms with Crippen LogP contribution in [-0.4, -0.2) is 28.3 Å². The molecule has 1 atom stereocenters. The summed E-state index contributed by atoms with van der Waals surface area (Å²) in [6, 6.07) is 0. The van der Waals surface area contributed by atoms with Crippen LogP contribution in [0.5, 0.6) is 0 Å². The summed E-state index contributed by atoms with van der Waals surface area (Å²) in [6.07, 6.45) is 2.86. The third-order valence-corrected chi connectivity index (χ3v) is 2.12. The van der Waals surface area contributed by atoms with Gasteiger partial charge in [0.2, 0.25) is 0 Å². The molecule has 84 valence electrons. The molecule has 0 aromatic heterocycles. The van der Waals surface area contributed by atoms with Crippen molar-refractivity contribution in [1.29, 1.82) is 0 Å². The van der Waals surface area contributed by atoms with Crippen molar-refractivity contribution in [2.45, 2.75) is 38.3 Å². The van der Waals surface area contributed by atoms with E-state index in [0.717, 1.165) is 11.5 Å². The SMILES string of the molecule is C=CCCCC(=O)ON1C(=O)CCC1O. The maximum absolute atomic E-state index is 11.2. The monoisotopic (exact) mass is 213 g/mol. The Balaban J connectivity index is 2.30. The van der Waals surface area contributed by atoms with Crippen LogP contribution in [0.2, 0.25) is 0 Å². The normalized spacial score (nSPS) is 20.5. The topological polar surface area (TPSA) is 66.8 Å². The van der Waals surface area contributed by atoms with Gasteiger partial charge in [0.15, 0.2) is 6.23 Å². The van der Waals surface area contributed by atoms with Crippen molar-refractivity contribution in [3.05, 3.63) is 12.7 Å². The average Bonchev–Trinajstić information content (AvgIpc) is 2.50. The molecule has 1 rings (SSSR count). The lowest BCUT2D eigenvalue weighted by Crippen LogP contribution is -2.35. The summed E-state index contributed by atoms with van der Waals surface area (Å²) in [5.41, 5.74) is 0. The summed E-state index contributed by atoms with van der Waals surface area (Å²) in [4.78, 5) is 27.1. The highest BCUT2D eigenvalue weighted by Gasteiger charge is 2.32. The largest absolute Gasteiger partial charge is 0.370 e. The maximum Gasteiger partial charge on any atom is 0.332 e. The molecule has 0 aromatic carbocycles. The van der Waals surface area contributed by atoms with Crippen molar-refractivity contribution in [1.82, 2.24) is 5.06 Å². The zero-order chi connectivity index (χ0) is 11.3. The summed E-state index contributed by atoms with van der Waals surface area (Å²) in [5, 5.41) is 10.1. The Bertz CT molecular complexity index is 264. The number of hydroxylamine groups is 2. The minimum absolute atomic E-state index is 0.223. The Hall–Kier alpha value is -1.36. The van der Waals surface area contributed by atoms with Gasteiger partial charge in [0, 0.05) is 19.3 Å². The highest BCUT2D eigenvalue weighted by Crippen LogP contribution is 2.17. The van der Waals surface area contributed by atoms with Gasteiger partial charge >= 0.3 is 5.97 Å². The number of amides is 1. The number of rotatable bonds is 5. The minimum atomic E-state index is -0.985. The molecule has 5 heteroatoms. The lowest BCUT2D eigenvalue weighted by atomic mass is 10.2. The molecule has 1 saturated heterocycles. The first kappa shape index (κ1) is 11.7. The number of unbranched alkanes of at least 4 members (excludes halogenated alkanes) is 1. The van der Waals surface area contributed by atoms with Crippen LogP contribution < -0.4 is 0 Å². The number of allylic oxidation sites excluding steroid dienone is 1. The number of hydrogen-bond acceptors (Lipinski definition) is 4. The fraction of sp³-hybridized carbons (Fsp3) is 0.600. The van der Waals surface area contributed by atoms with E-state index in [9.17, 15) is 14.7 Å². The molecule has 1 N–H and O–H groups in total. The van der Waals surface area contributed by atoms with Crippen LogP contribution >= 0.6 is 0 Å². The van der Waals surface area contributed by atoms with Gasteiger partial charge in [0.1, 0.15) is 0 Å². The molecule has 1 aliphatic heterocycles. The van der Waals surface area contributed by atoms with Crippen LogP contribution in [0.15, 0.2) is 12.7 Å². The zero-order valence-electron chi connectivity index (χ0n) is 8.52. The third-order valence-electron chi connectivity index (χ3n) is 2.12. The fourth-order valence-corrected chi connectivity index (χ4v) is 1.30. The first-order valence-corrected chi connectivity index (χ1v) is 4.97. The van der Waals surface area contributed by atoms with E-state index in [1.807, 2.05) is 0 Å². The smallest absolute Gasteiger partial charge is 0.332 e. The predicted molar refractivity (Wildman–Crippen MR) is 52.2 cm³/mol. The van der Waals surface area contributed by atoms with E-state index < -0.39 is 12.2 Å². The van der Waals surface area contributed by atoms with Gasteiger partial charge in [-0.1, -0.05) is 6.08 Å². The van der Waals surface area contributed by atoms with Crippen LogP contribution in [0.1, 0.15) is 32.1 Å². The molecule has 1 unspecified atom stereocenters. The summed E-state index contributed by atoms with van der Waals surface area (Å²) < 4.78 is 0. The van der Waals surface area contributed by atoms with Crippen LogP contribution in [0.25, 0.3) is 0 Å². The van der Waals surface area contributed by atoms with E-state index >= 15 is 0 Å². The maximum atomic E-state index is 11.2. The number of hydrogen-bond donors (Lipinski definition) is 1. The molecule has 15 heavy (non-hydrogen) atoms. The Morgan fingerprint density at radius 1 is 1.73 bits per heavy atom. The Morgan fingerprint density at radius 2 is 2.47 bits per heavy atom. The summed E-state index contributed by atoms with van der Waals surface area (Å²) in [7, 11) is 0. The molecule has 0 radical (unpaired) electrons. The molecule has 0 aromatic rings. The highest BCUT2D eigenvalue weighted by molar-refractivity contribution is 5.79. The van der Waals surface area contributed by atoms with Crippen molar-refractivity contribution in [2.24, 2.45) is 0 Å². The van der Waals surface area contributed by atoms with Crippen LogP contribution in [0, 0.1) is 0 Å². The van der Waals surface area contributed by atoms with Gasteiger partial charge in [-0.15, -0.1) is 11.6 Å². The zero-order valence-corrected chi connectivity index (χ0v) is 8.52. The van der Waals surface area contributed by atoms with Crippen LogP contribution in [-0.2, 0) is 14.4 Å². The van der Waals surface area contributed by atoms with Gasteiger partial charge < -0.3 is 9.94 Å². The predicted octanol–water partition coefficient (Wildman–Crippen LogP) is 0.742. The van der Waals surface area contributed by atoms with Gasteiger partial charge in [-0.3, -0.25) is 4.79 Å². The molecule has 1 heterocycles. The van der Waals surface area contributed by atoms with Crippen LogP contribution in [0.4, 0.5) is 0 Å². The summed E-state index contributed by atoms with van der Waals surface area (Å²) in [6.45, 7) is 3.53. The van der Waals surface area contributed by atoms with E-state index in [4.69, 9.17) is 4.84 Å². The minimum Gasteiger partial charge on any atom is -0.370 e. The average molecular weight is 213 g/mol. The lowest BCUT2D eigenvalue weighted by Gasteiger charge is -2.18. The Morgan fingerprint density at radius 3 is 3.00 bits per heavy atom. The standard InChI is InChI=1S/C10H15NO4/c1-2-3-4-5-10(14)15-11-8(12)6-7-9(11)13/h2,8,12H,1,3-7H2. The molecule has 1 aliphatic rings. The summed E-state index contributed by atoms with van der Waals surface area (Å²) >= 11 is 0. The van der Waals surface area contributed by atoms with E-state index in [1.54, 1.807) is 6.08 Å². The van der Waals surface area contributed by atoms with Gasteiger partial charge in [-0.05, 0) is 12.8 Å². The molecule has 0 aliphatic carbocycles. The number of nitrogens with zero attached hydrogens (tertiary/aromatic N) is 1. The lowest BCUT2D eigenvalue weighted by molar-refractivity contribution is -0.220. The number of aliphatic hydroxyl groups excluding tert-OH is 1. The van der Waals surface area contributed by atoms with E-state index in [2.05, 4.69) is 6.58 Å². The second kappa shape index (κ2) is 5.50. The van der Waals surface area contributed by atoms with Crippen LogP contribution in [0.3, 0.4) is 0 Å². The Kier molecular flexibility index (Phi) is 4.30. The number of carbonyl (C=O) groups is 2. The van der Waals surface area contributed by atoms with Gasteiger partial charge in [-0.25, -0.2) is 4.79 Å². The first-order valence-electron chi connectivity index (χ1n) is 4.97. The molecule has 1 amide bonds. The second-order valence-electron chi connectivity index (χ2n) is 3.38. The summed E-state index contributed by atoms with van der Waals surface area (Å²) in [5.74, 6) is -0.842. The highest BCUT2D eigenvalue weighted by atomic mass is 16.7. The molecule has 0 spiro atoms. The van der Waals surface area contributed by atoms with Gasteiger partial charge in [-0.2, -0.15) is 0 Å². The van der Waals surface area contributed by atoms with Crippen molar-refractivity contribution < 1.29 is 19.5 Å². The van der Waals surface area contributed by atoms with E-state index in [-0.39, 0.29) is 18.7 Å². The molecule has 5 nitrogen and oxygen atoms in total. The van der Waals surface area contributed by atoms with E-state index in [1.165, 1.54) is 0 Å². The molecular formula is C10H15NO4. The molecule has 0 bridgehead atoms. The number of carbonyl (C=O) groups excluding carboxylic acids is 2. The molecular weight excluding hydrogens is 198 g/mol. The quantitative estimate of drug-likeness (QED) is 0.540. The van der Waals surface area contributed by atoms with Crippen molar-refractivity contribution in [3.63, 3.8) is 0 Å².